The first kappa shape index (κ1) is 11.3. The fraction of sp³-hybridized carbons (Fsp3) is 0.357. The average molecular weight is 232 g/mol. The first-order valence-electron chi connectivity index (χ1n) is 5.67. The van der Waals surface area contributed by atoms with Crippen LogP contribution >= 0.6 is 11.3 Å². The third-order valence-electron chi connectivity index (χ3n) is 2.74. The van der Waals surface area contributed by atoms with Crippen molar-refractivity contribution in [2.45, 2.75) is 26.7 Å². The van der Waals surface area contributed by atoms with E-state index in [2.05, 4.69) is 30.3 Å². The van der Waals surface area contributed by atoms with Gasteiger partial charge in [-0.2, -0.15) is 0 Å². The number of ketones is 1. The van der Waals surface area contributed by atoms with Crippen LogP contribution < -0.4 is 0 Å². The van der Waals surface area contributed by atoms with Crippen molar-refractivity contribution in [2.24, 2.45) is 5.92 Å². The molecule has 0 atom stereocenters. The maximum atomic E-state index is 11.5. The van der Waals surface area contributed by atoms with E-state index in [1.54, 1.807) is 11.3 Å². The van der Waals surface area contributed by atoms with E-state index in [0.717, 1.165) is 6.42 Å². The molecule has 2 rings (SSSR count). The molecule has 0 aliphatic heterocycles. The number of Topliss-reactive ketones (excluding diaryl/α,β-unsaturated/α-hetero) is 1. The van der Waals surface area contributed by atoms with Crippen LogP contribution in [-0.2, 0) is 11.2 Å². The molecule has 0 aliphatic carbocycles. The molecule has 0 radical (unpaired) electrons. The van der Waals surface area contributed by atoms with Gasteiger partial charge in [-0.1, -0.05) is 32.0 Å². The molecule has 0 amide bonds. The number of carbonyl (C=O) groups excluding carboxylic acids is 1. The van der Waals surface area contributed by atoms with E-state index < -0.39 is 0 Å². The van der Waals surface area contributed by atoms with E-state index in [0.29, 0.717) is 12.2 Å². The lowest BCUT2D eigenvalue weighted by molar-refractivity contribution is -0.121. The maximum Gasteiger partial charge on any atom is 0.135 e. The van der Waals surface area contributed by atoms with Crippen LogP contribution in [0.3, 0.4) is 0 Å². The quantitative estimate of drug-likeness (QED) is 0.777. The van der Waals surface area contributed by atoms with Gasteiger partial charge in [-0.15, -0.1) is 11.3 Å². The summed E-state index contributed by atoms with van der Waals surface area (Å²) in [6, 6.07) is 10.6. The summed E-state index contributed by atoms with van der Waals surface area (Å²) >= 11 is 1.80. The molecule has 0 fully saturated rings. The molecule has 0 saturated carbocycles. The second-order valence-corrected chi connectivity index (χ2v) is 5.54. The highest BCUT2D eigenvalue weighted by molar-refractivity contribution is 7.19. The van der Waals surface area contributed by atoms with Crippen LogP contribution in [0.2, 0.25) is 0 Å². The van der Waals surface area contributed by atoms with Gasteiger partial charge in [0.15, 0.2) is 0 Å². The zero-order valence-corrected chi connectivity index (χ0v) is 10.5. The van der Waals surface area contributed by atoms with Crippen molar-refractivity contribution in [1.82, 2.24) is 0 Å². The Morgan fingerprint density at radius 1 is 1.31 bits per heavy atom. The van der Waals surface area contributed by atoms with Gasteiger partial charge in [0.2, 0.25) is 0 Å². The first-order valence-corrected chi connectivity index (χ1v) is 6.48. The highest BCUT2D eigenvalue weighted by atomic mass is 32.1. The molecule has 0 unspecified atom stereocenters. The largest absolute Gasteiger partial charge is 0.299 e. The van der Waals surface area contributed by atoms with Gasteiger partial charge in [0, 0.05) is 21.9 Å². The second-order valence-electron chi connectivity index (χ2n) is 4.37. The Labute approximate surface area is 100 Å². The van der Waals surface area contributed by atoms with Gasteiger partial charge >= 0.3 is 0 Å². The molecule has 0 aliphatic rings. The standard InChI is InChI=1S/C14H16OS/c1-10(2)13(15)8-7-12-9-11-5-3-4-6-14(11)16-12/h3-6,9-10H,7-8H2,1-2H3. The molecule has 1 aromatic heterocycles. The molecular weight excluding hydrogens is 216 g/mol. The van der Waals surface area contributed by atoms with E-state index >= 15 is 0 Å². The Bertz CT molecular complexity index is 463. The Hall–Kier alpha value is -1.15. The van der Waals surface area contributed by atoms with Gasteiger partial charge < -0.3 is 0 Å². The molecule has 84 valence electrons. The summed E-state index contributed by atoms with van der Waals surface area (Å²) < 4.78 is 1.31. The maximum absolute atomic E-state index is 11.5. The molecular formula is C14H16OS. The van der Waals surface area contributed by atoms with Crippen molar-refractivity contribution in [3.05, 3.63) is 35.2 Å². The van der Waals surface area contributed by atoms with E-state index in [1.165, 1.54) is 15.0 Å². The second kappa shape index (κ2) is 4.79. The predicted molar refractivity (Wildman–Crippen MR) is 70.0 cm³/mol. The fourth-order valence-corrected chi connectivity index (χ4v) is 2.76. The predicted octanol–water partition coefficient (Wildman–Crippen LogP) is 4.06. The van der Waals surface area contributed by atoms with Crippen molar-refractivity contribution in [1.29, 1.82) is 0 Å². The number of benzene rings is 1. The van der Waals surface area contributed by atoms with Crippen LogP contribution in [0.1, 0.15) is 25.1 Å². The summed E-state index contributed by atoms with van der Waals surface area (Å²) in [6.07, 6.45) is 1.56. The molecule has 0 N–H and O–H groups in total. The van der Waals surface area contributed by atoms with E-state index in [-0.39, 0.29) is 5.92 Å². The molecule has 2 heteroatoms. The topological polar surface area (TPSA) is 17.1 Å². The summed E-state index contributed by atoms with van der Waals surface area (Å²) in [5.74, 6) is 0.520. The van der Waals surface area contributed by atoms with Crippen molar-refractivity contribution in [2.75, 3.05) is 0 Å². The first-order chi connectivity index (χ1) is 7.66. The average Bonchev–Trinajstić information content (AvgIpc) is 2.68. The zero-order valence-electron chi connectivity index (χ0n) is 9.69. The van der Waals surface area contributed by atoms with Gasteiger partial charge in [0.05, 0.1) is 0 Å². The molecule has 16 heavy (non-hydrogen) atoms. The lowest BCUT2D eigenvalue weighted by Gasteiger charge is -2.01. The Morgan fingerprint density at radius 2 is 2.06 bits per heavy atom. The minimum Gasteiger partial charge on any atom is -0.299 e. The number of rotatable bonds is 4. The van der Waals surface area contributed by atoms with Gasteiger partial charge in [0.25, 0.3) is 0 Å². The summed E-state index contributed by atoms with van der Waals surface area (Å²) in [4.78, 5) is 12.9. The number of thiophene rings is 1. The monoisotopic (exact) mass is 232 g/mol. The van der Waals surface area contributed by atoms with Crippen molar-refractivity contribution in [3.63, 3.8) is 0 Å². The summed E-state index contributed by atoms with van der Waals surface area (Å²) in [6.45, 7) is 3.93. The normalized spacial score (nSPS) is 11.2. The van der Waals surface area contributed by atoms with E-state index in [1.807, 2.05) is 13.8 Å². The van der Waals surface area contributed by atoms with Crippen molar-refractivity contribution in [3.8, 4) is 0 Å². The van der Waals surface area contributed by atoms with E-state index in [4.69, 9.17) is 0 Å². The highest BCUT2D eigenvalue weighted by Crippen LogP contribution is 2.26. The van der Waals surface area contributed by atoms with Crippen LogP contribution in [0.25, 0.3) is 10.1 Å². The van der Waals surface area contributed by atoms with Crippen LogP contribution in [-0.4, -0.2) is 5.78 Å². The molecule has 0 saturated heterocycles. The number of fused-ring (bicyclic) bond motifs is 1. The summed E-state index contributed by atoms with van der Waals surface area (Å²) in [7, 11) is 0. The number of carbonyl (C=O) groups is 1. The highest BCUT2D eigenvalue weighted by Gasteiger charge is 2.08. The smallest absolute Gasteiger partial charge is 0.135 e. The Balaban J connectivity index is 2.07. The third kappa shape index (κ3) is 2.50. The summed E-state index contributed by atoms with van der Waals surface area (Å²) in [5.41, 5.74) is 0. The van der Waals surface area contributed by atoms with Crippen LogP contribution in [0.4, 0.5) is 0 Å². The third-order valence-corrected chi connectivity index (χ3v) is 3.91. The number of hydrogen-bond acceptors (Lipinski definition) is 2. The van der Waals surface area contributed by atoms with Crippen LogP contribution in [0, 0.1) is 5.92 Å². The Morgan fingerprint density at radius 3 is 2.75 bits per heavy atom. The molecule has 2 aromatic rings. The molecule has 1 aromatic carbocycles. The Kier molecular flexibility index (Phi) is 3.39. The van der Waals surface area contributed by atoms with Gasteiger partial charge in [-0.3, -0.25) is 4.79 Å². The van der Waals surface area contributed by atoms with Crippen LogP contribution in [0.5, 0.6) is 0 Å². The molecule has 1 nitrogen and oxygen atoms in total. The van der Waals surface area contributed by atoms with Crippen molar-refractivity contribution < 1.29 is 4.79 Å². The fourth-order valence-electron chi connectivity index (χ4n) is 1.70. The van der Waals surface area contributed by atoms with Gasteiger partial charge in [0.1, 0.15) is 5.78 Å². The van der Waals surface area contributed by atoms with Gasteiger partial charge in [-0.25, -0.2) is 0 Å². The number of aryl methyl sites for hydroxylation is 1. The van der Waals surface area contributed by atoms with Crippen LogP contribution in [0.15, 0.2) is 30.3 Å². The molecule has 0 bridgehead atoms. The summed E-state index contributed by atoms with van der Waals surface area (Å²) in [5, 5.41) is 1.29. The zero-order chi connectivity index (χ0) is 11.5. The minimum atomic E-state index is 0.161. The molecule has 0 spiro atoms. The van der Waals surface area contributed by atoms with E-state index in [9.17, 15) is 4.79 Å². The minimum absolute atomic E-state index is 0.161. The SMILES string of the molecule is CC(C)C(=O)CCc1cc2ccccc2s1. The molecule has 1 heterocycles. The lowest BCUT2D eigenvalue weighted by Crippen LogP contribution is -2.07. The number of hydrogen-bond donors (Lipinski definition) is 0. The van der Waals surface area contributed by atoms with Crippen molar-refractivity contribution >= 4 is 27.2 Å². The lowest BCUT2D eigenvalue weighted by atomic mass is 10.0. The van der Waals surface area contributed by atoms with Gasteiger partial charge in [-0.05, 0) is 23.9 Å².